The molecule has 24 heteroatoms. The summed E-state index contributed by atoms with van der Waals surface area (Å²) in [6.45, 7) is 0.344. The smallest absolute Gasteiger partial charge is 0.339 e. The fourth-order valence-corrected chi connectivity index (χ4v) is 16.6. The van der Waals surface area contributed by atoms with Crippen LogP contribution in [-0.4, -0.2) is 172 Å². The third-order valence-electron chi connectivity index (χ3n) is 23.3. The first-order chi connectivity index (χ1) is 55.5. The second-order valence-electron chi connectivity index (χ2n) is 31.9. The first kappa shape index (κ1) is 84.3. The van der Waals surface area contributed by atoms with Crippen molar-refractivity contribution in [3.8, 4) is 0 Å². The second-order valence-corrected chi connectivity index (χ2v) is 31.9. The summed E-state index contributed by atoms with van der Waals surface area (Å²) >= 11 is 0. The predicted octanol–water partition coefficient (Wildman–Crippen LogP) is 14.1. The van der Waals surface area contributed by atoms with Gasteiger partial charge in [-0.15, -0.1) is 0 Å². The predicted molar refractivity (Wildman–Crippen MR) is 418 cm³/mol. The molecule has 0 amide bonds. The van der Waals surface area contributed by atoms with E-state index in [1.54, 1.807) is 0 Å². The lowest BCUT2D eigenvalue weighted by molar-refractivity contribution is -0.167. The second kappa shape index (κ2) is 42.5. The Morgan fingerprint density at radius 1 is 0.325 bits per heavy atom. The maximum atomic E-state index is 14.4. The molecular formula is C90H110O24. The molecule has 2 heterocycles. The molecule has 12 rings (SSSR count). The zero-order valence-corrected chi connectivity index (χ0v) is 65.2. The Morgan fingerprint density at radius 2 is 0.658 bits per heavy atom. The maximum Gasteiger partial charge on any atom is 0.339 e. The Hall–Kier alpha value is -9.10. The molecule has 0 spiro atoms. The maximum absolute atomic E-state index is 14.4. The highest BCUT2D eigenvalue weighted by molar-refractivity contribution is 6.17. The monoisotopic (exact) mass is 1570 g/mol. The van der Waals surface area contributed by atoms with Gasteiger partial charge in [-0.05, 0) is 233 Å². The number of aliphatic hydroxyl groups is 2. The van der Waals surface area contributed by atoms with Gasteiger partial charge in [0, 0.05) is 25.7 Å². The number of hydrogen-bond donors (Lipinski definition) is 2. The minimum Gasteiger partial charge on any atom is -0.466 e. The van der Waals surface area contributed by atoms with Crippen LogP contribution < -0.4 is 0 Å². The van der Waals surface area contributed by atoms with Gasteiger partial charge in [-0.3, -0.25) is 38.4 Å². The van der Waals surface area contributed by atoms with Crippen molar-refractivity contribution < 1.29 is 115 Å². The molecule has 2 aliphatic heterocycles. The van der Waals surface area contributed by atoms with Crippen LogP contribution in [0.25, 0.3) is 43.1 Å². The van der Waals surface area contributed by atoms with Crippen LogP contribution in [0, 0.1) is 35.5 Å². The zero-order valence-electron chi connectivity index (χ0n) is 65.2. The summed E-state index contributed by atoms with van der Waals surface area (Å²) < 4.78 is 68.4. The van der Waals surface area contributed by atoms with Crippen molar-refractivity contribution in [2.75, 3.05) is 52.9 Å². The van der Waals surface area contributed by atoms with Gasteiger partial charge in [0.05, 0.1) is 125 Å². The van der Waals surface area contributed by atoms with Gasteiger partial charge in [-0.1, -0.05) is 97.1 Å². The number of carbonyl (C=O) groups is 10. The van der Waals surface area contributed by atoms with E-state index in [9.17, 15) is 58.2 Å². The highest BCUT2D eigenvalue weighted by Gasteiger charge is 2.46. The average Bonchev–Trinajstić information content (AvgIpc) is 1.17. The average molecular weight is 1580 g/mol. The highest BCUT2D eigenvalue weighted by atomic mass is 16.6. The topological polar surface area (TPSA) is 329 Å². The molecule has 4 saturated carbocycles. The summed E-state index contributed by atoms with van der Waals surface area (Å²) in [6.07, 6.45) is 9.80. The van der Waals surface area contributed by atoms with E-state index >= 15 is 0 Å². The van der Waals surface area contributed by atoms with Crippen LogP contribution in [-0.2, 0) is 95.2 Å². The third-order valence-corrected chi connectivity index (χ3v) is 23.3. The lowest BCUT2D eigenvalue weighted by atomic mass is 9.85. The summed E-state index contributed by atoms with van der Waals surface area (Å²) in [7, 11) is 0. The van der Waals surface area contributed by atoms with E-state index in [0.717, 1.165) is 81.6 Å². The first-order valence-corrected chi connectivity index (χ1v) is 41.6. The van der Waals surface area contributed by atoms with Crippen LogP contribution in [0.1, 0.15) is 213 Å². The van der Waals surface area contributed by atoms with Gasteiger partial charge >= 0.3 is 59.7 Å². The number of epoxide rings is 2. The van der Waals surface area contributed by atoms with E-state index in [2.05, 4.69) is 0 Å². The molecule has 14 atom stereocenters. The molecule has 14 unspecified atom stereocenters. The van der Waals surface area contributed by atoms with Crippen LogP contribution in [0.5, 0.6) is 0 Å². The quantitative estimate of drug-likeness (QED) is 0.0118. The van der Waals surface area contributed by atoms with E-state index in [-0.39, 0.29) is 126 Å². The van der Waals surface area contributed by atoms with Gasteiger partial charge in [0.2, 0.25) is 0 Å². The fourth-order valence-electron chi connectivity index (χ4n) is 16.6. The lowest BCUT2D eigenvalue weighted by Crippen LogP contribution is -2.39. The molecular weight excluding hydrogens is 1460 g/mol. The number of ether oxygens (including phenoxy) is 12. The fraction of sp³-hybridized carbons (Fsp3) is 0.578. The molecule has 0 bridgehead atoms. The van der Waals surface area contributed by atoms with E-state index in [1.807, 2.05) is 109 Å². The lowest BCUT2D eigenvalue weighted by Gasteiger charge is -2.32. The van der Waals surface area contributed by atoms with Crippen LogP contribution in [0.3, 0.4) is 0 Å². The van der Waals surface area contributed by atoms with Gasteiger partial charge in [-0.25, -0.2) is 9.59 Å². The van der Waals surface area contributed by atoms with Crippen molar-refractivity contribution in [1.82, 2.24) is 0 Å². The van der Waals surface area contributed by atoms with Gasteiger partial charge in [0.25, 0.3) is 0 Å². The summed E-state index contributed by atoms with van der Waals surface area (Å²) in [4.78, 5) is 136. The number of benzene rings is 6. The van der Waals surface area contributed by atoms with Crippen molar-refractivity contribution in [2.45, 2.75) is 241 Å². The SMILES string of the molecule is O=C(CCCCCOC(=O)C(CC(=O)OCCCCCC(=O)OCC1CCC2OC2C1)C(CC(=O)OCCCCCC(=O)OCC1CCC(O)C(OC(=O)c2c3ccccc3cc3ccccc23)C1)C(=O)OCCCCCC(=O)OCC1CCC2OC2C1)OCC1CCC(OC(=O)c2c3ccccc3cc3ccccc23)C(O)C1. The molecule has 614 valence electrons. The molecule has 6 aromatic rings. The minimum atomic E-state index is -1.58. The highest BCUT2D eigenvalue weighted by Crippen LogP contribution is 2.42. The van der Waals surface area contributed by atoms with Crippen molar-refractivity contribution in [2.24, 2.45) is 35.5 Å². The number of hydrogen-bond acceptors (Lipinski definition) is 24. The summed E-state index contributed by atoms with van der Waals surface area (Å²) in [6, 6.07) is 34.4. The number of esters is 10. The number of unbranched alkanes of at least 4 members (excludes halogenated alkanes) is 8. The van der Waals surface area contributed by atoms with Gasteiger partial charge < -0.3 is 67.1 Å². The number of rotatable bonds is 43. The van der Waals surface area contributed by atoms with Crippen LogP contribution in [0.15, 0.2) is 109 Å². The van der Waals surface area contributed by atoms with Crippen molar-refractivity contribution in [3.05, 3.63) is 120 Å². The van der Waals surface area contributed by atoms with Gasteiger partial charge in [0.15, 0.2) is 0 Å². The molecule has 2 saturated heterocycles. The standard InChI is InChI=1S/C90H110O24/c91-71-37-33-58(46-76(71)114-90(102)86-67-27-15-11-23-63(67)50-64-24-12-16-28-68(64)86)54-108-80(94)29-5-1-17-41-103-83(97)52-70(88(100)106-44-20-4-8-32-82(96)110-56-60-36-40-75-78(48-60)112-75)69(51-84(98)104-42-18-2-6-30-81(95)109-55-59-35-39-74-77(47-59)111-74)87(99)105-43-19-3-7-31-79(93)107-53-57-34-38-73(72(92)45-57)113-89(101)85-65-25-13-9-21-61(65)49-62-22-10-14-26-66(62)85/h9-16,21-28,49-50,57-60,69-78,91-92H,1-8,17-20,29-48,51-56H2. The molecule has 24 nitrogen and oxygen atoms in total. The molecule has 0 radical (unpaired) electrons. The van der Waals surface area contributed by atoms with E-state index in [1.165, 1.54) is 0 Å². The summed E-state index contributed by atoms with van der Waals surface area (Å²) in [5, 5.41) is 28.8. The van der Waals surface area contributed by atoms with Crippen molar-refractivity contribution >= 4 is 103 Å². The Labute approximate surface area is 664 Å². The van der Waals surface area contributed by atoms with Gasteiger partial charge in [-0.2, -0.15) is 0 Å². The van der Waals surface area contributed by atoms with E-state index in [4.69, 9.17) is 56.8 Å². The van der Waals surface area contributed by atoms with E-state index in [0.29, 0.717) is 139 Å². The Kier molecular flexibility index (Phi) is 31.4. The van der Waals surface area contributed by atoms with Crippen molar-refractivity contribution in [1.29, 1.82) is 0 Å². The number of carbonyl (C=O) groups excluding carboxylic acids is 10. The summed E-state index contributed by atoms with van der Waals surface area (Å²) in [5.41, 5.74) is 0.868. The molecule has 6 fully saturated rings. The first-order valence-electron chi connectivity index (χ1n) is 41.6. The van der Waals surface area contributed by atoms with Crippen LogP contribution in [0.4, 0.5) is 0 Å². The molecule has 0 aromatic heterocycles. The molecule has 6 aliphatic rings. The molecule has 114 heavy (non-hydrogen) atoms. The van der Waals surface area contributed by atoms with Gasteiger partial charge in [0.1, 0.15) is 12.2 Å². The Balaban J connectivity index is 0.600. The van der Waals surface area contributed by atoms with Crippen LogP contribution in [0.2, 0.25) is 0 Å². The molecule has 4 aliphatic carbocycles. The largest absolute Gasteiger partial charge is 0.466 e. The number of fused-ring (bicyclic) bond motifs is 6. The summed E-state index contributed by atoms with van der Waals surface area (Å²) in [5.74, 6) is -9.17. The molecule has 2 N–H and O–H groups in total. The Morgan fingerprint density at radius 3 is 1.04 bits per heavy atom. The third kappa shape index (κ3) is 25.0. The van der Waals surface area contributed by atoms with Crippen molar-refractivity contribution in [3.63, 3.8) is 0 Å². The zero-order chi connectivity index (χ0) is 79.7. The molecule has 6 aromatic carbocycles. The van der Waals surface area contributed by atoms with Crippen LogP contribution >= 0.6 is 0 Å². The number of aliphatic hydroxyl groups excluding tert-OH is 2. The van der Waals surface area contributed by atoms with E-state index < -0.39 is 96.8 Å². The minimum absolute atomic E-state index is 0.0470. The Bertz CT molecular complexity index is 4180. The normalized spacial score (nSPS) is 23.4.